The van der Waals surface area contributed by atoms with Gasteiger partial charge in [-0.3, -0.25) is 0 Å². The van der Waals surface area contributed by atoms with Crippen molar-refractivity contribution >= 4 is 29.1 Å². The molecule has 0 unspecified atom stereocenters. The van der Waals surface area contributed by atoms with Crippen LogP contribution in [0.2, 0.25) is 5.02 Å². The molecule has 2 aromatic carbocycles. The zero-order valence-corrected chi connectivity index (χ0v) is 17.5. The number of piperazine rings is 1. The van der Waals surface area contributed by atoms with E-state index in [0.29, 0.717) is 13.1 Å². The van der Waals surface area contributed by atoms with E-state index in [2.05, 4.69) is 40.5 Å². The van der Waals surface area contributed by atoms with E-state index in [1.807, 2.05) is 39.0 Å². The van der Waals surface area contributed by atoms with Gasteiger partial charge in [-0.15, -0.1) is 0 Å². The van der Waals surface area contributed by atoms with Crippen LogP contribution >= 0.6 is 11.6 Å². The zero-order valence-electron chi connectivity index (χ0n) is 16.7. The Balaban J connectivity index is 1.50. The number of hydrogen-bond donors (Lipinski definition) is 1. The first-order chi connectivity index (χ1) is 13.3. The van der Waals surface area contributed by atoms with Gasteiger partial charge in [0.1, 0.15) is 5.60 Å². The van der Waals surface area contributed by atoms with Crippen molar-refractivity contribution in [2.45, 2.75) is 32.9 Å². The second-order valence-corrected chi connectivity index (χ2v) is 8.42. The predicted octanol–water partition coefficient (Wildman–Crippen LogP) is 5.01. The molecule has 1 N–H and O–H groups in total. The van der Waals surface area contributed by atoms with E-state index in [0.717, 1.165) is 41.6 Å². The molecular weight excluding hydrogens is 374 g/mol. The summed E-state index contributed by atoms with van der Waals surface area (Å²) < 4.78 is 5.46. The zero-order chi connectivity index (χ0) is 20.1. The van der Waals surface area contributed by atoms with Gasteiger partial charge in [-0.1, -0.05) is 23.7 Å². The van der Waals surface area contributed by atoms with Crippen molar-refractivity contribution in [1.82, 2.24) is 4.90 Å². The summed E-state index contributed by atoms with van der Waals surface area (Å²) in [7, 11) is 0. The highest BCUT2D eigenvalue weighted by molar-refractivity contribution is 6.30. The maximum Gasteiger partial charge on any atom is 0.410 e. The van der Waals surface area contributed by atoms with Crippen molar-refractivity contribution in [3.05, 3.63) is 59.1 Å². The summed E-state index contributed by atoms with van der Waals surface area (Å²) in [6.45, 7) is 9.35. The highest BCUT2D eigenvalue weighted by atomic mass is 35.5. The quantitative estimate of drug-likeness (QED) is 0.782. The monoisotopic (exact) mass is 401 g/mol. The summed E-state index contributed by atoms with van der Waals surface area (Å²) in [6.07, 6.45) is -0.229. The number of amides is 1. The van der Waals surface area contributed by atoms with E-state index < -0.39 is 5.60 Å². The number of ether oxygens (including phenoxy) is 1. The van der Waals surface area contributed by atoms with Gasteiger partial charge >= 0.3 is 6.09 Å². The van der Waals surface area contributed by atoms with Crippen LogP contribution in [0.1, 0.15) is 26.3 Å². The summed E-state index contributed by atoms with van der Waals surface area (Å²) in [5, 5.41) is 4.17. The molecule has 0 spiro atoms. The van der Waals surface area contributed by atoms with Gasteiger partial charge < -0.3 is 19.9 Å². The normalized spacial score (nSPS) is 14.7. The molecule has 1 fully saturated rings. The summed E-state index contributed by atoms with van der Waals surface area (Å²) in [6, 6.07) is 16.2. The molecule has 0 aromatic heterocycles. The average Bonchev–Trinajstić information content (AvgIpc) is 2.66. The van der Waals surface area contributed by atoms with E-state index in [9.17, 15) is 4.79 Å². The maximum atomic E-state index is 12.2. The smallest absolute Gasteiger partial charge is 0.410 e. The first kappa shape index (κ1) is 20.3. The Hall–Kier alpha value is -2.40. The van der Waals surface area contributed by atoms with Crippen LogP contribution in [0.3, 0.4) is 0 Å². The summed E-state index contributed by atoms with van der Waals surface area (Å²) in [4.78, 5) is 16.3. The third kappa shape index (κ3) is 5.80. The standard InChI is InChI=1S/C22H28ClN3O2/c1-22(2,3)28-21(27)26-13-11-25(12-14-26)20-9-7-19(8-10-20)24-16-17-5-4-6-18(23)15-17/h4-10,15,24H,11-14,16H2,1-3H3. The summed E-state index contributed by atoms with van der Waals surface area (Å²) in [5.41, 5.74) is 2.92. The van der Waals surface area contributed by atoms with Gasteiger partial charge in [-0.25, -0.2) is 4.79 Å². The molecule has 3 rings (SSSR count). The fourth-order valence-electron chi connectivity index (χ4n) is 3.11. The topological polar surface area (TPSA) is 44.8 Å². The minimum Gasteiger partial charge on any atom is -0.444 e. The van der Waals surface area contributed by atoms with Crippen molar-refractivity contribution in [2.24, 2.45) is 0 Å². The molecule has 1 heterocycles. The van der Waals surface area contributed by atoms with Crippen molar-refractivity contribution in [3.63, 3.8) is 0 Å². The second kappa shape index (κ2) is 8.74. The average molecular weight is 402 g/mol. The number of nitrogens with one attached hydrogen (secondary N) is 1. The number of halogens is 1. The van der Waals surface area contributed by atoms with Gasteiger partial charge in [0.05, 0.1) is 0 Å². The molecule has 28 heavy (non-hydrogen) atoms. The summed E-state index contributed by atoms with van der Waals surface area (Å²) >= 11 is 6.03. The SMILES string of the molecule is CC(C)(C)OC(=O)N1CCN(c2ccc(NCc3cccc(Cl)c3)cc2)CC1. The molecule has 0 radical (unpaired) electrons. The Morgan fingerprint density at radius 3 is 2.36 bits per heavy atom. The van der Waals surface area contributed by atoms with E-state index in [1.165, 1.54) is 0 Å². The molecular formula is C22H28ClN3O2. The molecule has 0 aliphatic carbocycles. The van der Waals surface area contributed by atoms with E-state index in [-0.39, 0.29) is 6.09 Å². The van der Waals surface area contributed by atoms with Crippen LogP contribution in [0, 0.1) is 0 Å². The third-order valence-electron chi connectivity index (χ3n) is 4.55. The lowest BCUT2D eigenvalue weighted by atomic mass is 10.2. The van der Waals surface area contributed by atoms with Gasteiger partial charge in [0.15, 0.2) is 0 Å². The maximum absolute atomic E-state index is 12.2. The van der Waals surface area contributed by atoms with Gasteiger partial charge in [0.25, 0.3) is 0 Å². The van der Waals surface area contributed by atoms with Crippen LogP contribution in [-0.4, -0.2) is 42.8 Å². The molecule has 1 amide bonds. The minimum absolute atomic E-state index is 0.229. The third-order valence-corrected chi connectivity index (χ3v) is 4.78. The minimum atomic E-state index is -0.456. The lowest BCUT2D eigenvalue weighted by Crippen LogP contribution is -2.50. The van der Waals surface area contributed by atoms with Crippen LogP contribution < -0.4 is 10.2 Å². The molecule has 1 saturated heterocycles. The number of carbonyl (C=O) groups excluding carboxylic acids is 1. The van der Waals surface area contributed by atoms with Crippen LogP contribution in [-0.2, 0) is 11.3 Å². The van der Waals surface area contributed by atoms with Crippen LogP contribution in [0.4, 0.5) is 16.2 Å². The first-order valence-electron chi connectivity index (χ1n) is 9.61. The Morgan fingerprint density at radius 1 is 1.07 bits per heavy atom. The molecule has 1 aliphatic rings. The molecule has 0 atom stereocenters. The number of anilines is 2. The Labute approximate surface area is 172 Å². The largest absolute Gasteiger partial charge is 0.444 e. The highest BCUT2D eigenvalue weighted by Gasteiger charge is 2.25. The number of nitrogens with zero attached hydrogens (tertiary/aromatic N) is 2. The molecule has 1 aliphatic heterocycles. The lowest BCUT2D eigenvalue weighted by molar-refractivity contribution is 0.0240. The van der Waals surface area contributed by atoms with Crippen molar-refractivity contribution < 1.29 is 9.53 Å². The lowest BCUT2D eigenvalue weighted by Gasteiger charge is -2.36. The second-order valence-electron chi connectivity index (χ2n) is 7.98. The van der Waals surface area contributed by atoms with Crippen molar-refractivity contribution in [2.75, 3.05) is 36.4 Å². The van der Waals surface area contributed by atoms with Crippen molar-refractivity contribution in [1.29, 1.82) is 0 Å². The predicted molar refractivity (Wildman–Crippen MR) is 115 cm³/mol. The molecule has 5 nitrogen and oxygen atoms in total. The van der Waals surface area contributed by atoms with Gasteiger partial charge in [0.2, 0.25) is 0 Å². The van der Waals surface area contributed by atoms with E-state index in [1.54, 1.807) is 4.90 Å². The van der Waals surface area contributed by atoms with Gasteiger partial charge in [0, 0.05) is 49.1 Å². The molecule has 0 saturated carbocycles. The molecule has 6 heteroatoms. The summed E-state index contributed by atoms with van der Waals surface area (Å²) in [5.74, 6) is 0. The van der Waals surface area contributed by atoms with Crippen LogP contribution in [0.25, 0.3) is 0 Å². The first-order valence-corrected chi connectivity index (χ1v) is 9.99. The van der Waals surface area contributed by atoms with Crippen molar-refractivity contribution in [3.8, 4) is 0 Å². The van der Waals surface area contributed by atoms with Gasteiger partial charge in [-0.2, -0.15) is 0 Å². The number of carbonyl (C=O) groups is 1. The highest BCUT2D eigenvalue weighted by Crippen LogP contribution is 2.21. The molecule has 150 valence electrons. The van der Waals surface area contributed by atoms with E-state index in [4.69, 9.17) is 16.3 Å². The van der Waals surface area contributed by atoms with E-state index >= 15 is 0 Å². The Morgan fingerprint density at radius 2 is 1.75 bits per heavy atom. The van der Waals surface area contributed by atoms with Crippen LogP contribution in [0.5, 0.6) is 0 Å². The fraction of sp³-hybridized carbons (Fsp3) is 0.409. The molecule has 2 aromatic rings. The Bertz CT molecular complexity index is 794. The number of hydrogen-bond acceptors (Lipinski definition) is 4. The Kier molecular flexibility index (Phi) is 6.35. The number of benzene rings is 2. The van der Waals surface area contributed by atoms with Gasteiger partial charge in [-0.05, 0) is 62.7 Å². The van der Waals surface area contributed by atoms with Crippen LogP contribution in [0.15, 0.2) is 48.5 Å². The number of rotatable bonds is 4. The molecule has 0 bridgehead atoms. The fourth-order valence-corrected chi connectivity index (χ4v) is 3.33.